The first kappa shape index (κ1) is 15.1. The summed E-state index contributed by atoms with van der Waals surface area (Å²) in [6.45, 7) is 4.14. The molecule has 1 aromatic rings. The van der Waals surface area contributed by atoms with E-state index in [1.807, 2.05) is 12.1 Å². The van der Waals surface area contributed by atoms with Gasteiger partial charge in [0.25, 0.3) is 0 Å². The lowest BCUT2D eigenvalue weighted by atomic mass is 10.00. The van der Waals surface area contributed by atoms with Crippen molar-refractivity contribution in [1.82, 2.24) is 0 Å². The summed E-state index contributed by atoms with van der Waals surface area (Å²) in [5, 5.41) is 0.135. The first-order valence-corrected chi connectivity index (χ1v) is 7.14. The highest BCUT2D eigenvalue weighted by Gasteiger charge is 2.21. The van der Waals surface area contributed by atoms with Crippen LogP contribution in [0.15, 0.2) is 24.3 Å². The molecule has 0 bridgehead atoms. The quantitative estimate of drug-likeness (QED) is 0.805. The van der Waals surface area contributed by atoms with Crippen LogP contribution in [0.2, 0.25) is 0 Å². The molecule has 0 saturated heterocycles. The molecule has 0 aliphatic carbocycles. The molecule has 0 fully saturated rings. The van der Waals surface area contributed by atoms with E-state index in [9.17, 15) is 4.79 Å². The second-order valence-electron chi connectivity index (χ2n) is 4.24. The zero-order valence-corrected chi connectivity index (χ0v) is 12.0. The van der Waals surface area contributed by atoms with Crippen molar-refractivity contribution in [1.29, 1.82) is 0 Å². The fourth-order valence-corrected chi connectivity index (χ4v) is 3.10. The van der Waals surface area contributed by atoms with E-state index in [0.717, 1.165) is 6.42 Å². The molecular formula is C14H21NO2S. The third kappa shape index (κ3) is 4.03. The van der Waals surface area contributed by atoms with Crippen molar-refractivity contribution in [3.05, 3.63) is 35.4 Å². The summed E-state index contributed by atoms with van der Waals surface area (Å²) in [4.78, 5) is 11.3. The van der Waals surface area contributed by atoms with Gasteiger partial charge in [0, 0.05) is 11.3 Å². The Labute approximate surface area is 113 Å². The Hall–Kier alpha value is -1.00. The molecule has 4 heteroatoms. The average molecular weight is 267 g/mol. The van der Waals surface area contributed by atoms with Crippen LogP contribution in [0.25, 0.3) is 0 Å². The summed E-state index contributed by atoms with van der Waals surface area (Å²) in [6, 6.07) is 8.22. The lowest BCUT2D eigenvalue weighted by Gasteiger charge is -2.24. The standard InChI is InChI=1S/C14H21NO2S/c1-4-12(15)14(18-9-13(16)17-3)11-8-6-5-7-10(11)2/h5-8,12,14H,4,9,15H2,1-3H3. The van der Waals surface area contributed by atoms with Gasteiger partial charge in [0.15, 0.2) is 0 Å². The smallest absolute Gasteiger partial charge is 0.315 e. The second-order valence-corrected chi connectivity index (χ2v) is 5.37. The minimum Gasteiger partial charge on any atom is -0.468 e. The lowest BCUT2D eigenvalue weighted by molar-refractivity contribution is -0.137. The highest BCUT2D eigenvalue weighted by atomic mass is 32.2. The number of thioether (sulfide) groups is 1. The summed E-state index contributed by atoms with van der Waals surface area (Å²) in [5.74, 6) is 0.130. The van der Waals surface area contributed by atoms with Crippen LogP contribution >= 0.6 is 11.8 Å². The molecule has 2 atom stereocenters. The number of esters is 1. The third-order valence-corrected chi connectivity index (χ3v) is 4.33. The number of nitrogens with two attached hydrogens (primary N) is 1. The van der Waals surface area contributed by atoms with E-state index in [-0.39, 0.29) is 17.3 Å². The molecule has 0 aliphatic heterocycles. The number of carbonyl (C=O) groups excluding carboxylic acids is 1. The molecule has 3 nitrogen and oxygen atoms in total. The summed E-state index contributed by atoms with van der Waals surface area (Å²) < 4.78 is 4.68. The first-order chi connectivity index (χ1) is 8.60. The average Bonchev–Trinajstić information content (AvgIpc) is 2.40. The van der Waals surface area contributed by atoms with E-state index in [2.05, 4.69) is 30.7 Å². The number of methoxy groups -OCH3 is 1. The molecule has 2 unspecified atom stereocenters. The highest BCUT2D eigenvalue weighted by Crippen LogP contribution is 2.34. The van der Waals surface area contributed by atoms with E-state index >= 15 is 0 Å². The van der Waals surface area contributed by atoms with E-state index in [0.29, 0.717) is 5.75 Å². The lowest BCUT2D eigenvalue weighted by Crippen LogP contribution is -2.27. The van der Waals surface area contributed by atoms with Crippen LogP contribution in [-0.4, -0.2) is 24.9 Å². The monoisotopic (exact) mass is 267 g/mol. The molecule has 100 valence electrons. The Kier molecular flexibility index (Phi) is 6.22. The number of carbonyl (C=O) groups is 1. The van der Waals surface area contributed by atoms with Crippen molar-refractivity contribution in [2.75, 3.05) is 12.9 Å². The fourth-order valence-electron chi connectivity index (χ4n) is 1.78. The van der Waals surface area contributed by atoms with Crippen molar-refractivity contribution < 1.29 is 9.53 Å². The third-order valence-electron chi connectivity index (χ3n) is 2.96. The number of benzene rings is 1. The van der Waals surface area contributed by atoms with Crippen LogP contribution in [-0.2, 0) is 9.53 Å². The van der Waals surface area contributed by atoms with E-state index in [1.165, 1.54) is 18.2 Å². The zero-order chi connectivity index (χ0) is 13.5. The molecule has 0 aromatic heterocycles. The summed E-state index contributed by atoms with van der Waals surface area (Å²) in [5.41, 5.74) is 8.59. The van der Waals surface area contributed by atoms with Crippen molar-refractivity contribution in [3.8, 4) is 0 Å². The summed E-state index contributed by atoms with van der Waals surface area (Å²) in [7, 11) is 1.41. The maximum Gasteiger partial charge on any atom is 0.315 e. The fraction of sp³-hybridized carbons (Fsp3) is 0.500. The molecule has 1 rings (SSSR count). The van der Waals surface area contributed by atoms with Crippen LogP contribution in [0.3, 0.4) is 0 Å². The van der Waals surface area contributed by atoms with Gasteiger partial charge < -0.3 is 10.5 Å². The molecule has 18 heavy (non-hydrogen) atoms. The molecule has 0 amide bonds. The number of rotatable bonds is 6. The van der Waals surface area contributed by atoms with Gasteiger partial charge in [-0.3, -0.25) is 4.79 Å². The number of hydrogen-bond donors (Lipinski definition) is 1. The van der Waals surface area contributed by atoms with Gasteiger partial charge in [0.05, 0.1) is 12.9 Å². The predicted octanol–water partition coefficient (Wildman–Crippen LogP) is 2.68. The van der Waals surface area contributed by atoms with Crippen molar-refractivity contribution in [3.63, 3.8) is 0 Å². The Morgan fingerprint density at radius 2 is 2.11 bits per heavy atom. The Bertz CT molecular complexity index is 395. The van der Waals surface area contributed by atoms with Gasteiger partial charge in [-0.15, -0.1) is 11.8 Å². The maximum atomic E-state index is 11.3. The van der Waals surface area contributed by atoms with E-state index in [1.54, 1.807) is 11.8 Å². The highest BCUT2D eigenvalue weighted by molar-refractivity contribution is 8.00. The van der Waals surface area contributed by atoms with Gasteiger partial charge in [-0.2, -0.15) is 0 Å². The molecule has 2 N–H and O–H groups in total. The van der Waals surface area contributed by atoms with Crippen LogP contribution in [0, 0.1) is 6.92 Å². The SMILES string of the molecule is CCC(N)C(SCC(=O)OC)c1ccccc1C. The maximum absolute atomic E-state index is 11.3. The van der Waals surface area contributed by atoms with Crippen LogP contribution in [0.4, 0.5) is 0 Å². The van der Waals surface area contributed by atoms with Gasteiger partial charge in [-0.05, 0) is 24.5 Å². The minimum absolute atomic E-state index is 0.0424. The predicted molar refractivity (Wildman–Crippen MR) is 76.7 cm³/mol. The molecule has 0 saturated carbocycles. The van der Waals surface area contributed by atoms with E-state index < -0.39 is 0 Å². The minimum atomic E-state index is -0.207. The van der Waals surface area contributed by atoms with Crippen molar-refractivity contribution >= 4 is 17.7 Å². The molecular weight excluding hydrogens is 246 g/mol. The van der Waals surface area contributed by atoms with Crippen LogP contribution in [0.5, 0.6) is 0 Å². The van der Waals surface area contributed by atoms with Crippen LogP contribution in [0.1, 0.15) is 29.7 Å². The molecule has 0 aliphatic rings. The zero-order valence-electron chi connectivity index (χ0n) is 11.2. The topological polar surface area (TPSA) is 52.3 Å². The molecule has 1 aromatic carbocycles. The molecule has 0 heterocycles. The molecule has 0 spiro atoms. The number of aryl methyl sites for hydroxylation is 1. The Morgan fingerprint density at radius 3 is 2.67 bits per heavy atom. The van der Waals surface area contributed by atoms with Gasteiger partial charge in [0.2, 0.25) is 0 Å². The van der Waals surface area contributed by atoms with Crippen molar-refractivity contribution in [2.45, 2.75) is 31.6 Å². The largest absolute Gasteiger partial charge is 0.468 e. The van der Waals surface area contributed by atoms with Gasteiger partial charge in [-0.25, -0.2) is 0 Å². The first-order valence-electron chi connectivity index (χ1n) is 6.09. The van der Waals surface area contributed by atoms with Crippen molar-refractivity contribution in [2.24, 2.45) is 5.73 Å². The van der Waals surface area contributed by atoms with E-state index in [4.69, 9.17) is 5.73 Å². The van der Waals surface area contributed by atoms with Crippen LogP contribution < -0.4 is 5.73 Å². The van der Waals surface area contributed by atoms with Gasteiger partial charge in [-0.1, -0.05) is 31.2 Å². The Balaban J connectivity index is 2.85. The number of ether oxygens (including phenoxy) is 1. The van der Waals surface area contributed by atoms with Gasteiger partial charge in [0.1, 0.15) is 0 Å². The summed E-state index contributed by atoms with van der Waals surface area (Å²) >= 11 is 1.55. The van der Waals surface area contributed by atoms with Gasteiger partial charge >= 0.3 is 5.97 Å². The molecule has 0 radical (unpaired) electrons. The number of hydrogen-bond acceptors (Lipinski definition) is 4. The summed E-state index contributed by atoms with van der Waals surface area (Å²) in [6.07, 6.45) is 0.882. The normalized spacial score (nSPS) is 14.0. The Morgan fingerprint density at radius 1 is 1.44 bits per heavy atom. The second kappa shape index (κ2) is 7.44.